The Morgan fingerprint density at radius 3 is 2.89 bits per heavy atom. The number of amides is 1. The van der Waals surface area contributed by atoms with Crippen LogP contribution in [0.2, 0.25) is 0 Å². The maximum Gasteiger partial charge on any atom is 0.222 e. The molecule has 1 aromatic carbocycles. The molecule has 4 heteroatoms. The molecule has 0 aromatic heterocycles. The Morgan fingerprint density at radius 1 is 1.50 bits per heavy atom. The molecule has 4 nitrogen and oxygen atoms in total. The van der Waals surface area contributed by atoms with Gasteiger partial charge in [-0.3, -0.25) is 4.79 Å². The Bertz CT molecular complexity index is 445. The Labute approximate surface area is 108 Å². The van der Waals surface area contributed by atoms with Crippen LogP contribution in [0.25, 0.3) is 0 Å². The van der Waals surface area contributed by atoms with Crippen molar-refractivity contribution < 1.29 is 9.53 Å². The molecule has 2 rings (SSSR count). The number of methoxy groups -OCH3 is 1. The van der Waals surface area contributed by atoms with E-state index < -0.39 is 0 Å². The quantitative estimate of drug-likeness (QED) is 0.881. The third-order valence-corrected chi connectivity index (χ3v) is 3.37. The van der Waals surface area contributed by atoms with Gasteiger partial charge in [0.15, 0.2) is 0 Å². The predicted octanol–water partition coefficient (Wildman–Crippen LogP) is 1.63. The van der Waals surface area contributed by atoms with Gasteiger partial charge in [-0.2, -0.15) is 0 Å². The van der Waals surface area contributed by atoms with E-state index in [-0.39, 0.29) is 11.9 Å². The fraction of sp³-hybridized carbons (Fsp3) is 0.500. The molecule has 1 aliphatic rings. The summed E-state index contributed by atoms with van der Waals surface area (Å²) in [5.74, 6) is 0.997. The van der Waals surface area contributed by atoms with Gasteiger partial charge in [0.2, 0.25) is 5.91 Å². The van der Waals surface area contributed by atoms with Crippen LogP contribution in [0.4, 0.5) is 0 Å². The number of rotatable bonds is 4. The summed E-state index contributed by atoms with van der Waals surface area (Å²) < 4.78 is 5.33. The second-order valence-electron chi connectivity index (χ2n) is 4.80. The Kier molecular flexibility index (Phi) is 3.87. The third-order valence-electron chi connectivity index (χ3n) is 3.37. The number of carbonyl (C=O) groups is 1. The molecule has 1 aliphatic heterocycles. The minimum atomic E-state index is -0.193. The van der Waals surface area contributed by atoms with Gasteiger partial charge in [0.05, 0.1) is 13.2 Å². The molecule has 0 bridgehead atoms. The van der Waals surface area contributed by atoms with Gasteiger partial charge in [0.1, 0.15) is 5.75 Å². The van der Waals surface area contributed by atoms with Crippen LogP contribution in [0.1, 0.15) is 30.0 Å². The molecule has 1 heterocycles. The lowest BCUT2D eigenvalue weighted by Gasteiger charge is -2.22. The lowest BCUT2D eigenvalue weighted by atomic mass is 10.0. The first-order chi connectivity index (χ1) is 8.61. The Balaban J connectivity index is 2.14. The summed E-state index contributed by atoms with van der Waals surface area (Å²) in [5.41, 5.74) is 8.33. The van der Waals surface area contributed by atoms with Crippen molar-refractivity contribution >= 4 is 5.91 Å². The SMILES string of the molecule is COc1ccc(C)cc1C(N)CN1CCCC1=O. The normalized spacial score (nSPS) is 17.1. The monoisotopic (exact) mass is 248 g/mol. The maximum absolute atomic E-state index is 11.6. The summed E-state index contributed by atoms with van der Waals surface area (Å²) >= 11 is 0. The van der Waals surface area contributed by atoms with E-state index in [9.17, 15) is 4.79 Å². The van der Waals surface area contributed by atoms with Gasteiger partial charge >= 0.3 is 0 Å². The van der Waals surface area contributed by atoms with Gasteiger partial charge < -0.3 is 15.4 Å². The fourth-order valence-corrected chi connectivity index (χ4v) is 2.38. The molecule has 1 aromatic rings. The van der Waals surface area contributed by atoms with Crippen LogP contribution in [0.5, 0.6) is 5.75 Å². The second kappa shape index (κ2) is 5.40. The van der Waals surface area contributed by atoms with E-state index >= 15 is 0 Å². The van der Waals surface area contributed by atoms with Gasteiger partial charge in [0.25, 0.3) is 0 Å². The summed E-state index contributed by atoms with van der Waals surface area (Å²) in [6.07, 6.45) is 1.59. The molecule has 1 saturated heterocycles. The van der Waals surface area contributed by atoms with Crippen molar-refractivity contribution in [1.82, 2.24) is 4.90 Å². The minimum absolute atomic E-state index is 0.193. The summed E-state index contributed by atoms with van der Waals surface area (Å²) in [6.45, 7) is 3.41. The molecular formula is C14H20N2O2. The van der Waals surface area contributed by atoms with E-state index in [0.717, 1.165) is 29.8 Å². The molecule has 2 N–H and O–H groups in total. The van der Waals surface area contributed by atoms with Gasteiger partial charge in [-0.1, -0.05) is 17.7 Å². The van der Waals surface area contributed by atoms with E-state index in [4.69, 9.17) is 10.5 Å². The van der Waals surface area contributed by atoms with Crippen molar-refractivity contribution in [2.45, 2.75) is 25.8 Å². The molecule has 0 saturated carbocycles. The molecule has 1 fully saturated rings. The summed E-state index contributed by atoms with van der Waals surface area (Å²) in [5, 5.41) is 0. The molecule has 0 radical (unpaired) electrons. The highest BCUT2D eigenvalue weighted by Gasteiger charge is 2.23. The lowest BCUT2D eigenvalue weighted by molar-refractivity contribution is -0.127. The standard InChI is InChI=1S/C14H20N2O2/c1-10-5-6-13(18-2)11(8-10)12(15)9-16-7-3-4-14(16)17/h5-6,8,12H,3-4,7,9,15H2,1-2H3. The van der Waals surface area contributed by atoms with E-state index in [0.29, 0.717) is 13.0 Å². The van der Waals surface area contributed by atoms with Gasteiger partial charge in [0, 0.05) is 25.1 Å². The van der Waals surface area contributed by atoms with Crippen molar-refractivity contribution in [3.63, 3.8) is 0 Å². The van der Waals surface area contributed by atoms with Gasteiger partial charge in [-0.05, 0) is 19.4 Å². The van der Waals surface area contributed by atoms with Crippen molar-refractivity contribution in [2.75, 3.05) is 20.2 Å². The Hall–Kier alpha value is -1.55. The number of benzene rings is 1. The summed E-state index contributed by atoms with van der Waals surface area (Å²) in [7, 11) is 1.64. The first-order valence-corrected chi connectivity index (χ1v) is 6.29. The average Bonchev–Trinajstić information content (AvgIpc) is 2.75. The van der Waals surface area contributed by atoms with Crippen LogP contribution in [0.3, 0.4) is 0 Å². The second-order valence-corrected chi connectivity index (χ2v) is 4.80. The highest BCUT2D eigenvalue weighted by atomic mass is 16.5. The molecule has 1 atom stereocenters. The first kappa shape index (κ1) is 12.9. The highest BCUT2D eigenvalue weighted by molar-refractivity contribution is 5.78. The minimum Gasteiger partial charge on any atom is -0.496 e. The Morgan fingerprint density at radius 2 is 2.28 bits per heavy atom. The van der Waals surface area contributed by atoms with E-state index in [1.165, 1.54) is 0 Å². The van der Waals surface area contributed by atoms with Gasteiger partial charge in [-0.15, -0.1) is 0 Å². The summed E-state index contributed by atoms with van der Waals surface area (Å²) in [6, 6.07) is 5.76. The topological polar surface area (TPSA) is 55.6 Å². The molecule has 1 amide bonds. The van der Waals surface area contributed by atoms with Crippen LogP contribution in [-0.2, 0) is 4.79 Å². The van der Waals surface area contributed by atoms with Crippen LogP contribution in [-0.4, -0.2) is 31.0 Å². The summed E-state index contributed by atoms with van der Waals surface area (Å²) in [4.78, 5) is 13.4. The zero-order chi connectivity index (χ0) is 13.1. The lowest BCUT2D eigenvalue weighted by Crippen LogP contribution is -2.33. The van der Waals surface area contributed by atoms with Gasteiger partial charge in [-0.25, -0.2) is 0 Å². The van der Waals surface area contributed by atoms with Crippen LogP contribution >= 0.6 is 0 Å². The van der Waals surface area contributed by atoms with Crippen LogP contribution in [0.15, 0.2) is 18.2 Å². The van der Waals surface area contributed by atoms with E-state index in [1.54, 1.807) is 7.11 Å². The number of ether oxygens (including phenoxy) is 1. The fourth-order valence-electron chi connectivity index (χ4n) is 2.38. The smallest absolute Gasteiger partial charge is 0.222 e. The third kappa shape index (κ3) is 2.64. The van der Waals surface area contributed by atoms with Crippen molar-refractivity contribution in [3.8, 4) is 5.75 Å². The number of hydrogen-bond donors (Lipinski definition) is 1. The maximum atomic E-state index is 11.6. The number of nitrogens with zero attached hydrogens (tertiary/aromatic N) is 1. The molecule has 18 heavy (non-hydrogen) atoms. The molecule has 0 aliphatic carbocycles. The van der Waals surface area contributed by atoms with Crippen molar-refractivity contribution in [1.29, 1.82) is 0 Å². The zero-order valence-electron chi connectivity index (χ0n) is 11.0. The van der Waals surface area contributed by atoms with Crippen molar-refractivity contribution in [3.05, 3.63) is 29.3 Å². The molecule has 0 spiro atoms. The first-order valence-electron chi connectivity index (χ1n) is 6.29. The number of nitrogens with two attached hydrogens (primary N) is 1. The largest absolute Gasteiger partial charge is 0.496 e. The average molecular weight is 248 g/mol. The number of aryl methyl sites for hydroxylation is 1. The number of carbonyl (C=O) groups excluding carboxylic acids is 1. The van der Waals surface area contributed by atoms with Crippen LogP contribution in [0, 0.1) is 6.92 Å². The zero-order valence-corrected chi connectivity index (χ0v) is 11.0. The molecular weight excluding hydrogens is 228 g/mol. The number of hydrogen-bond acceptors (Lipinski definition) is 3. The van der Waals surface area contributed by atoms with E-state index in [2.05, 4.69) is 0 Å². The van der Waals surface area contributed by atoms with Crippen molar-refractivity contribution in [2.24, 2.45) is 5.73 Å². The van der Waals surface area contributed by atoms with Crippen LogP contribution < -0.4 is 10.5 Å². The van der Waals surface area contributed by atoms with E-state index in [1.807, 2.05) is 30.0 Å². The molecule has 98 valence electrons. The molecule has 1 unspecified atom stereocenters. The number of likely N-dealkylation sites (tertiary alicyclic amines) is 1. The predicted molar refractivity (Wildman–Crippen MR) is 70.5 cm³/mol. The highest BCUT2D eigenvalue weighted by Crippen LogP contribution is 2.26.